The molecule has 0 aromatic carbocycles. The van der Waals surface area contributed by atoms with E-state index in [-0.39, 0.29) is 12.0 Å². The van der Waals surface area contributed by atoms with Gasteiger partial charge in [-0.25, -0.2) is 0 Å². The second kappa shape index (κ2) is 4.28. The van der Waals surface area contributed by atoms with E-state index in [0.717, 1.165) is 0 Å². The second-order valence-electron chi connectivity index (χ2n) is 4.31. The number of likely N-dealkylation sites (N-methyl/N-ethyl adjacent to an activating group) is 1. The topological polar surface area (TPSA) is 41.6 Å². The van der Waals surface area contributed by atoms with Crippen LogP contribution < -0.4 is 5.32 Å². The third-order valence-corrected chi connectivity index (χ3v) is 2.69. The first-order valence-corrected chi connectivity index (χ1v) is 5.07. The van der Waals surface area contributed by atoms with Crippen molar-refractivity contribution >= 4 is 5.91 Å². The molecule has 1 saturated heterocycles. The van der Waals surface area contributed by atoms with E-state index >= 15 is 0 Å². The molecular weight excluding hydrogens is 180 g/mol. The normalized spacial score (nSPS) is 23.7. The van der Waals surface area contributed by atoms with Crippen molar-refractivity contribution in [3.8, 4) is 0 Å². The van der Waals surface area contributed by atoms with E-state index in [9.17, 15) is 4.79 Å². The Morgan fingerprint density at radius 1 is 1.57 bits per heavy atom. The largest absolute Gasteiger partial charge is 0.375 e. The highest BCUT2D eigenvalue weighted by Crippen LogP contribution is 2.11. The van der Waals surface area contributed by atoms with Crippen LogP contribution in [0, 0.1) is 0 Å². The molecule has 1 unspecified atom stereocenters. The lowest BCUT2D eigenvalue weighted by Gasteiger charge is -2.36. The molecular formula is C10H20N2O2. The zero-order valence-electron chi connectivity index (χ0n) is 9.46. The number of nitrogens with zero attached hydrogens (tertiary/aromatic N) is 1. The summed E-state index contributed by atoms with van der Waals surface area (Å²) < 4.78 is 5.39. The summed E-state index contributed by atoms with van der Waals surface area (Å²) in [6, 6.07) is 0. The summed E-state index contributed by atoms with van der Waals surface area (Å²) in [5.41, 5.74) is -0.475. The van der Waals surface area contributed by atoms with Gasteiger partial charge in [0.25, 0.3) is 0 Å². The van der Waals surface area contributed by atoms with Crippen molar-refractivity contribution in [1.29, 1.82) is 0 Å². The number of carbonyl (C=O) groups is 1. The Kier molecular flexibility index (Phi) is 3.50. The standard InChI is InChI=1S/C10H20N2O2/c1-8-7-12(5-6-14-8)9(13)10(2,3)11-4/h8,11H,5-7H2,1-4H3. The Morgan fingerprint density at radius 2 is 2.21 bits per heavy atom. The summed E-state index contributed by atoms with van der Waals surface area (Å²) in [4.78, 5) is 13.9. The molecule has 1 N–H and O–H groups in total. The summed E-state index contributed by atoms with van der Waals surface area (Å²) in [6.45, 7) is 7.83. The Morgan fingerprint density at radius 3 is 2.71 bits per heavy atom. The van der Waals surface area contributed by atoms with Gasteiger partial charge in [0.2, 0.25) is 5.91 Å². The molecule has 1 rings (SSSR count). The molecule has 0 saturated carbocycles. The molecule has 1 atom stereocenters. The van der Waals surface area contributed by atoms with E-state index < -0.39 is 5.54 Å². The second-order valence-corrected chi connectivity index (χ2v) is 4.31. The number of nitrogens with one attached hydrogen (secondary N) is 1. The SMILES string of the molecule is CNC(C)(C)C(=O)N1CCOC(C)C1. The predicted octanol–water partition coefficient (Wildman–Crippen LogP) is 0.232. The van der Waals surface area contributed by atoms with E-state index in [1.165, 1.54) is 0 Å². The third kappa shape index (κ3) is 2.45. The van der Waals surface area contributed by atoms with Crippen molar-refractivity contribution in [2.45, 2.75) is 32.4 Å². The van der Waals surface area contributed by atoms with Crippen LogP contribution in [0.25, 0.3) is 0 Å². The lowest BCUT2D eigenvalue weighted by atomic mass is 10.0. The van der Waals surface area contributed by atoms with Crippen LogP contribution in [0.1, 0.15) is 20.8 Å². The molecule has 0 aliphatic carbocycles. The molecule has 1 aliphatic rings. The highest BCUT2D eigenvalue weighted by Gasteiger charge is 2.32. The molecule has 0 aromatic rings. The molecule has 1 amide bonds. The first-order valence-electron chi connectivity index (χ1n) is 5.07. The fourth-order valence-electron chi connectivity index (χ4n) is 1.51. The van der Waals surface area contributed by atoms with E-state index in [0.29, 0.717) is 19.7 Å². The van der Waals surface area contributed by atoms with Crippen molar-refractivity contribution in [3.63, 3.8) is 0 Å². The van der Waals surface area contributed by atoms with Crippen molar-refractivity contribution in [3.05, 3.63) is 0 Å². The van der Waals surface area contributed by atoms with Gasteiger partial charge in [-0.15, -0.1) is 0 Å². The minimum absolute atomic E-state index is 0.148. The van der Waals surface area contributed by atoms with E-state index in [1.807, 2.05) is 32.7 Å². The van der Waals surface area contributed by atoms with Crippen molar-refractivity contribution < 1.29 is 9.53 Å². The highest BCUT2D eigenvalue weighted by atomic mass is 16.5. The van der Waals surface area contributed by atoms with Gasteiger partial charge in [0.15, 0.2) is 0 Å². The molecule has 4 heteroatoms. The van der Waals surface area contributed by atoms with Crippen LogP contribution in [-0.4, -0.2) is 49.2 Å². The number of hydrogen-bond acceptors (Lipinski definition) is 3. The van der Waals surface area contributed by atoms with Gasteiger partial charge >= 0.3 is 0 Å². The van der Waals surface area contributed by atoms with Crippen LogP contribution in [0.5, 0.6) is 0 Å². The van der Waals surface area contributed by atoms with E-state index in [1.54, 1.807) is 0 Å². The molecule has 0 bridgehead atoms. The van der Waals surface area contributed by atoms with Crippen LogP contribution >= 0.6 is 0 Å². The minimum atomic E-state index is -0.475. The summed E-state index contributed by atoms with van der Waals surface area (Å²) in [6.07, 6.45) is 0.153. The number of rotatable bonds is 2. The average molecular weight is 200 g/mol. The smallest absolute Gasteiger partial charge is 0.242 e. The Bertz CT molecular complexity index is 216. The fraction of sp³-hybridized carbons (Fsp3) is 0.900. The first kappa shape index (κ1) is 11.5. The van der Waals surface area contributed by atoms with Crippen molar-refractivity contribution in [2.24, 2.45) is 0 Å². The van der Waals surface area contributed by atoms with Crippen LogP contribution in [0.3, 0.4) is 0 Å². The third-order valence-electron chi connectivity index (χ3n) is 2.69. The summed E-state index contributed by atoms with van der Waals surface area (Å²) in [5, 5.41) is 3.02. The Labute approximate surface area is 85.6 Å². The van der Waals surface area contributed by atoms with Gasteiger partial charge in [-0.1, -0.05) is 0 Å². The maximum atomic E-state index is 12.0. The van der Waals surface area contributed by atoms with Gasteiger partial charge in [-0.05, 0) is 27.8 Å². The maximum absolute atomic E-state index is 12.0. The lowest BCUT2D eigenvalue weighted by Crippen LogP contribution is -2.56. The van der Waals surface area contributed by atoms with Gasteiger partial charge in [-0.2, -0.15) is 0 Å². The molecule has 1 fully saturated rings. The van der Waals surface area contributed by atoms with Crippen LogP contribution in [0.15, 0.2) is 0 Å². The van der Waals surface area contributed by atoms with Crippen LogP contribution in [0.2, 0.25) is 0 Å². The summed E-state index contributed by atoms with van der Waals surface area (Å²) >= 11 is 0. The highest BCUT2D eigenvalue weighted by molar-refractivity contribution is 5.85. The van der Waals surface area contributed by atoms with E-state index in [4.69, 9.17) is 4.74 Å². The zero-order valence-corrected chi connectivity index (χ0v) is 9.46. The van der Waals surface area contributed by atoms with Crippen molar-refractivity contribution in [1.82, 2.24) is 10.2 Å². The Balaban J connectivity index is 2.60. The predicted molar refractivity (Wildman–Crippen MR) is 55.1 cm³/mol. The van der Waals surface area contributed by atoms with Gasteiger partial charge in [0.1, 0.15) is 0 Å². The molecule has 82 valence electrons. The number of morpholine rings is 1. The van der Waals surface area contributed by atoms with Gasteiger partial charge in [-0.3, -0.25) is 4.79 Å². The van der Waals surface area contributed by atoms with Gasteiger partial charge < -0.3 is 15.0 Å². The van der Waals surface area contributed by atoms with E-state index in [2.05, 4.69) is 5.32 Å². The van der Waals surface area contributed by atoms with Crippen molar-refractivity contribution in [2.75, 3.05) is 26.7 Å². The monoisotopic (exact) mass is 200 g/mol. The molecule has 0 aromatic heterocycles. The summed E-state index contributed by atoms with van der Waals surface area (Å²) in [5.74, 6) is 0.148. The zero-order chi connectivity index (χ0) is 10.8. The van der Waals surface area contributed by atoms with Gasteiger partial charge in [0.05, 0.1) is 18.2 Å². The molecule has 1 heterocycles. The quantitative estimate of drug-likeness (QED) is 0.694. The van der Waals surface area contributed by atoms with Gasteiger partial charge in [0, 0.05) is 13.1 Å². The van der Waals surface area contributed by atoms with Crippen LogP contribution in [-0.2, 0) is 9.53 Å². The molecule has 1 aliphatic heterocycles. The number of hydrogen-bond donors (Lipinski definition) is 1. The fourth-order valence-corrected chi connectivity index (χ4v) is 1.51. The summed E-state index contributed by atoms with van der Waals surface area (Å²) in [7, 11) is 1.81. The molecule has 0 radical (unpaired) electrons. The number of amides is 1. The van der Waals surface area contributed by atoms with Crippen LogP contribution in [0.4, 0.5) is 0 Å². The molecule has 14 heavy (non-hydrogen) atoms. The lowest BCUT2D eigenvalue weighted by molar-refractivity contribution is -0.143. The first-order chi connectivity index (χ1) is 6.47. The maximum Gasteiger partial charge on any atom is 0.242 e. The molecule has 0 spiro atoms. The Hall–Kier alpha value is -0.610. The average Bonchev–Trinajstić information content (AvgIpc) is 2.16. The minimum Gasteiger partial charge on any atom is -0.375 e. The number of carbonyl (C=O) groups excluding carboxylic acids is 1. The number of ether oxygens (including phenoxy) is 1. The molecule has 4 nitrogen and oxygen atoms in total.